The number of furan rings is 2. The van der Waals surface area contributed by atoms with Gasteiger partial charge in [-0.25, -0.2) is 9.97 Å². The van der Waals surface area contributed by atoms with E-state index in [1.165, 1.54) is 0 Å². The average Bonchev–Trinajstić information content (AvgIpc) is 3.96. The molecule has 12 aromatic rings. The lowest BCUT2D eigenvalue weighted by Crippen LogP contribution is -1.97. The summed E-state index contributed by atoms with van der Waals surface area (Å²) in [5.41, 5.74) is 13.3. The van der Waals surface area contributed by atoms with Gasteiger partial charge in [0, 0.05) is 65.8 Å². The van der Waals surface area contributed by atoms with Crippen molar-refractivity contribution in [3.63, 3.8) is 0 Å². The van der Waals surface area contributed by atoms with Gasteiger partial charge in [0.25, 0.3) is 0 Å². The molecule has 0 spiro atoms. The average molecular weight is 730 g/mol. The van der Waals surface area contributed by atoms with E-state index in [1.54, 1.807) is 0 Å². The zero-order valence-electron chi connectivity index (χ0n) is 30.6. The minimum Gasteiger partial charge on any atom is -0.455 e. The molecule has 0 aliphatic carbocycles. The standard InChI is InChI=1S/C52H31N3O2/c1-3-15-32(16-4-1)43-31-44(54-52(53-43)33-17-5-2-6-18-33)39-24-14-26-46-49(39)40-21-7-10-25-45(40)55(46)34-29-41-36-20-9-12-28-48(36)57-51(41)42(30-34)38-23-13-22-37-35-19-8-11-27-47(35)56-50(37)38/h1-31H. The Morgan fingerprint density at radius 2 is 0.930 bits per heavy atom. The fourth-order valence-corrected chi connectivity index (χ4v) is 8.67. The van der Waals surface area contributed by atoms with Gasteiger partial charge in [-0.3, -0.25) is 0 Å². The first kappa shape index (κ1) is 31.6. The molecule has 12 rings (SSSR count). The first-order valence-corrected chi connectivity index (χ1v) is 19.2. The largest absolute Gasteiger partial charge is 0.455 e. The molecule has 0 saturated carbocycles. The molecule has 0 amide bonds. The molecule has 57 heavy (non-hydrogen) atoms. The molecule has 266 valence electrons. The highest BCUT2D eigenvalue weighted by Crippen LogP contribution is 2.45. The van der Waals surface area contributed by atoms with E-state index >= 15 is 0 Å². The van der Waals surface area contributed by atoms with Crippen LogP contribution in [-0.2, 0) is 0 Å². The summed E-state index contributed by atoms with van der Waals surface area (Å²) in [6, 6.07) is 65.3. The monoisotopic (exact) mass is 729 g/mol. The molecule has 0 aliphatic rings. The summed E-state index contributed by atoms with van der Waals surface area (Å²) in [5, 5.41) is 6.55. The topological polar surface area (TPSA) is 57.0 Å². The van der Waals surface area contributed by atoms with Gasteiger partial charge in [-0.1, -0.05) is 146 Å². The smallest absolute Gasteiger partial charge is 0.160 e. The van der Waals surface area contributed by atoms with E-state index in [-0.39, 0.29) is 0 Å². The maximum absolute atomic E-state index is 6.72. The molecule has 0 bridgehead atoms. The summed E-state index contributed by atoms with van der Waals surface area (Å²) in [7, 11) is 0. The third-order valence-electron chi connectivity index (χ3n) is 11.2. The summed E-state index contributed by atoms with van der Waals surface area (Å²) in [6.07, 6.45) is 0. The van der Waals surface area contributed by atoms with Gasteiger partial charge in [0.05, 0.1) is 22.4 Å². The second-order valence-electron chi connectivity index (χ2n) is 14.5. The zero-order chi connectivity index (χ0) is 37.5. The highest BCUT2D eigenvalue weighted by atomic mass is 16.3. The first-order valence-electron chi connectivity index (χ1n) is 19.2. The molecule has 0 unspecified atom stereocenters. The van der Waals surface area contributed by atoms with E-state index in [4.69, 9.17) is 18.8 Å². The van der Waals surface area contributed by atoms with Gasteiger partial charge < -0.3 is 13.4 Å². The van der Waals surface area contributed by atoms with Crippen LogP contribution in [0.25, 0.3) is 116 Å². The normalized spacial score (nSPS) is 11.9. The number of nitrogens with zero attached hydrogens (tertiary/aromatic N) is 3. The molecular formula is C52H31N3O2. The van der Waals surface area contributed by atoms with Crippen LogP contribution in [0.4, 0.5) is 0 Å². The quantitative estimate of drug-likeness (QED) is 0.177. The zero-order valence-corrected chi connectivity index (χ0v) is 30.6. The Labute approximate surface area is 326 Å². The third kappa shape index (κ3) is 4.89. The molecule has 4 heterocycles. The molecule has 0 fully saturated rings. The fraction of sp³-hybridized carbons (Fsp3) is 0. The summed E-state index contributed by atoms with van der Waals surface area (Å²) >= 11 is 0. The molecular weight excluding hydrogens is 699 g/mol. The van der Waals surface area contributed by atoms with Crippen LogP contribution in [-0.4, -0.2) is 14.5 Å². The minimum atomic E-state index is 0.689. The van der Waals surface area contributed by atoms with E-state index in [1.807, 2.05) is 48.5 Å². The molecule has 5 nitrogen and oxygen atoms in total. The van der Waals surface area contributed by atoms with Gasteiger partial charge in [0.1, 0.15) is 22.3 Å². The molecule has 0 radical (unpaired) electrons. The summed E-state index contributed by atoms with van der Waals surface area (Å²) in [6.45, 7) is 0. The van der Waals surface area contributed by atoms with Crippen LogP contribution < -0.4 is 0 Å². The lowest BCUT2D eigenvalue weighted by molar-refractivity contribution is 0.665. The highest BCUT2D eigenvalue weighted by Gasteiger charge is 2.23. The number of fused-ring (bicyclic) bond motifs is 9. The predicted octanol–water partition coefficient (Wildman–Crippen LogP) is 14.0. The minimum absolute atomic E-state index is 0.689. The number of benzene rings is 8. The second-order valence-corrected chi connectivity index (χ2v) is 14.5. The summed E-state index contributed by atoms with van der Waals surface area (Å²) in [4.78, 5) is 10.3. The maximum atomic E-state index is 6.72. The van der Waals surface area contributed by atoms with Crippen molar-refractivity contribution >= 4 is 65.7 Å². The van der Waals surface area contributed by atoms with Crippen molar-refractivity contribution in [3.05, 3.63) is 188 Å². The number of hydrogen-bond acceptors (Lipinski definition) is 4. The van der Waals surface area contributed by atoms with Crippen LogP contribution in [0.1, 0.15) is 0 Å². The van der Waals surface area contributed by atoms with Crippen molar-refractivity contribution in [1.29, 1.82) is 0 Å². The van der Waals surface area contributed by atoms with Gasteiger partial charge in [-0.15, -0.1) is 0 Å². The van der Waals surface area contributed by atoms with Crippen molar-refractivity contribution in [2.75, 3.05) is 0 Å². The van der Waals surface area contributed by atoms with Crippen molar-refractivity contribution in [2.24, 2.45) is 0 Å². The Balaban J connectivity index is 1.15. The van der Waals surface area contributed by atoms with E-state index in [9.17, 15) is 0 Å². The Morgan fingerprint density at radius 1 is 0.368 bits per heavy atom. The third-order valence-corrected chi connectivity index (χ3v) is 11.2. The Bertz CT molecular complexity index is 3460. The molecule has 0 aliphatic heterocycles. The number of para-hydroxylation sites is 4. The van der Waals surface area contributed by atoms with Crippen LogP contribution >= 0.6 is 0 Å². The van der Waals surface area contributed by atoms with Gasteiger partial charge in [-0.2, -0.15) is 0 Å². The van der Waals surface area contributed by atoms with Gasteiger partial charge >= 0.3 is 0 Å². The highest BCUT2D eigenvalue weighted by molar-refractivity contribution is 6.18. The molecule has 4 aromatic heterocycles. The molecule has 0 N–H and O–H groups in total. The van der Waals surface area contributed by atoms with E-state index in [0.717, 1.165) is 111 Å². The lowest BCUT2D eigenvalue weighted by Gasteiger charge is -2.13. The van der Waals surface area contributed by atoms with E-state index < -0.39 is 0 Å². The maximum Gasteiger partial charge on any atom is 0.160 e. The lowest BCUT2D eigenvalue weighted by atomic mass is 9.99. The Kier molecular flexibility index (Phi) is 6.86. The van der Waals surface area contributed by atoms with Gasteiger partial charge in [0.2, 0.25) is 0 Å². The second kappa shape index (κ2) is 12.4. The number of rotatable bonds is 5. The SMILES string of the molecule is c1ccc(-c2cc(-c3cccc4c3c3ccccc3n4-c3cc(-c4cccc5c4oc4ccccc45)c4oc5ccccc5c4c3)nc(-c3ccccc3)n2)cc1. The van der Waals surface area contributed by atoms with Crippen LogP contribution in [0.3, 0.4) is 0 Å². The Morgan fingerprint density at radius 3 is 1.70 bits per heavy atom. The molecule has 8 aromatic carbocycles. The molecule has 0 saturated heterocycles. The van der Waals surface area contributed by atoms with E-state index in [2.05, 4.69) is 144 Å². The van der Waals surface area contributed by atoms with Crippen molar-refractivity contribution in [3.8, 4) is 50.7 Å². The van der Waals surface area contributed by atoms with Crippen LogP contribution in [0.2, 0.25) is 0 Å². The van der Waals surface area contributed by atoms with Crippen LogP contribution in [0.15, 0.2) is 197 Å². The van der Waals surface area contributed by atoms with Crippen LogP contribution in [0.5, 0.6) is 0 Å². The van der Waals surface area contributed by atoms with Gasteiger partial charge in [0.15, 0.2) is 5.82 Å². The van der Waals surface area contributed by atoms with Crippen molar-refractivity contribution in [2.45, 2.75) is 0 Å². The Hall–Kier alpha value is -7.76. The summed E-state index contributed by atoms with van der Waals surface area (Å²) < 4.78 is 15.7. The van der Waals surface area contributed by atoms with Crippen LogP contribution in [0, 0.1) is 0 Å². The van der Waals surface area contributed by atoms with Crippen molar-refractivity contribution < 1.29 is 8.83 Å². The molecule has 0 atom stereocenters. The van der Waals surface area contributed by atoms with E-state index in [0.29, 0.717) is 5.82 Å². The molecule has 5 heteroatoms. The predicted molar refractivity (Wildman–Crippen MR) is 233 cm³/mol. The number of hydrogen-bond donors (Lipinski definition) is 0. The number of aromatic nitrogens is 3. The fourth-order valence-electron chi connectivity index (χ4n) is 8.67. The first-order chi connectivity index (χ1) is 28.3. The summed E-state index contributed by atoms with van der Waals surface area (Å²) in [5.74, 6) is 0.689. The van der Waals surface area contributed by atoms with Crippen molar-refractivity contribution in [1.82, 2.24) is 14.5 Å². The van der Waals surface area contributed by atoms with Gasteiger partial charge in [-0.05, 0) is 42.5 Å².